The Kier molecular flexibility index (Phi) is 6.48. The normalized spacial score (nSPS) is 13.6. The molecule has 2 aromatic rings. The van der Waals surface area contributed by atoms with Gasteiger partial charge in [0, 0.05) is 18.0 Å². The Balaban J connectivity index is 2.13. The molecular weight excluding hydrogens is 356 g/mol. The summed E-state index contributed by atoms with van der Waals surface area (Å²) in [6.07, 6.45) is 2.16. The number of nitrogens with zero attached hydrogens (tertiary/aromatic N) is 2. The van der Waals surface area contributed by atoms with Gasteiger partial charge < -0.3 is 10.4 Å². The van der Waals surface area contributed by atoms with Crippen molar-refractivity contribution in [3.8, 4) is 11.1 Å². The number of aliphatic hydroxyl groups is 1. The van der Waals surface area contributed by atoms with Crippen molar-refractivity contribution in [2.45, 2.75) is 23.9 Å². The Morgan fingerprint density at radius 2 is 1.79 bits per heavy atom. The smallest absolute Gasteiger partial charge is 0.253 e. The molecule has 0 spiro atoms. The highest BCUT2D eigenvalue weighted by molar-refractivity contribution is 6.53. The predicted molar refractivity (Wildman–Crippen MR) is 90.6 cm³/mol. The van der Waals surface area contributed by atoms with Crippen LogP contribution in [0.2, 0.25) is 0 Å². The number of aromatic nitrogens is 2. The maximum atomic E-state index is 13.1. The summed E-state index contributed by atoms with van der Waals surface area (Å²) >= 11 is 10.8. The van der Waals surface area contributed by atoms with Gasteiger partial charge in [-0.15, -0.1) is 0 Å². The molecule has 0 bridgehead atoms. The van der Waals surface area contributed by atoms with E-state index >= 15 is 0 Å². The van der Waals surface area contributed by atoms with Gasteiger partial charge in [0.2, 0.25) is 0 Å². The number of amides is 1. The summed E-state index contributed by atoms with van der Waals surface area (Å²) in [6.45, 7) is 0.835. The molecule has 0 radical (unpaired) electrons. The van der Waals surface area contributed by atoms with Crippen molar-refractivity contribution in [3.05, 3.63) is 48.0 Å². The number of carbonyl (C=O) groups is 1. The Morgan fingerprint density at radius 3 is 2.29 bits per heavy atom. The minimum Gasteiger partial charge on any atom is -0.386 e. The molecule has 1 aromatic carbocycles. The highest BCUT2D eigenvalue weighted by Crippen LogP contribution is 2.23. The van der Waals surface area contributed by atoms with Crippen LogP contribution in [-0.2, 0) is 4.79 Å². The van der Waals surface area contributed by atoms with E-state index in [0.29, 0.717) is 11.4 Å². The summed E-state index contributed by atoms with van der Waals surface area (Å²) in [7, 11) is 0. The van der Waals surface area contributed by atoms with Crippen LogP contribution in [0.5, 0.6) is 0 Å². The zero-order chi connectivity index (χ0) is 17.7. The second-order valence-corrected chi connectivity index (χ2v) is 6.25. The molecule has 1 aromatic heterocycles. The molecule has 2 unspecified atom stereocenters. The van der Waals surface area contributed by atoms with Crippen molar-refractivity contribution < 1.29 is 14.3 Å². The van der Waals surface area contributed by atoms with Gasteiger partial charge in [-0.3, -0.25) is 4.79 Å². The fraction of sp³-hybridized carbons (Fsp3) is 0.312. The molecule has 2 N–H and O–H groups in total. The fourth-order valence-electron chi connectivity index (χ4n) is 2.09. The van der Waals surface area contributed by atoms with Crippen molar-refractivity contribution >= 4 is 29.1 Å². The largest absolute Gasteiger partial charge is 0.386 e. The number of hydrogen-bond donors (Lipinski definition) is 2. The van der Waals surface area contributed by atoms with E-state index in [2.05, 4.69) is 15.3 Å². The number of benzene rings is 1. The van der Waals surface area contributed by atoms with Crippen LogP contribution in [0.3, 0.4) is 0 Å². The SMILES string of the molecule is Cc1ncc(-c2ccc(C(O)C(CF)NC(=O)C(Cl)Cl)cc2)cn1. The summed E-state index contributed by atoms with van der Waals surface area (Å²) < 4.78 is 13.1. The Bertz CT molecular complexity index is 681. The maximum Gasteiger partial charge on any atom is 0.253 e. The average molecular weight is 372 g/mol. The molecular formula is C16H16Cl2FN3O2. The second kappa shape index (κ2) is 8.37. The van der Waals surface area contributed by atoms with Crippen LogP contribution in [-0.4, -0.2) is 38.5 Å². The molecule has 0 aliphatic carbocycles. The van der Waals surface area contributed by atoms with Crippen molar-refractivity contribution in [3.63, 3.8) is 0 Å². The van der Waals surface area contributed by atoms with E-state index in [9.17, 15) is 14.3 Å². The molecule has 2 atom stereocenters. The molecule has 5 nitrogen and oxygen atoms in total. The third-order valence-corrected chi connectivity index (χ3v) is 3.84. The molecule has 0 saturated heterocycles. The van der Waals surface area contributed by atoms with Gasteiger partial charge in [0.1, 0.15) is 18.6 Å². The van der Waals surface area contributed by atoms with Crippen LogP contribution >= 0.6 is 23.2 Å². The molecule has 0 aliphatic rings. The minimum atomic E-state index is -1.32. The Morgan fingerprint density at radius 1 is 1.21 bits per heavy atom. The van der Waals surface area contributed by atoms with E-state index < -0.39 is 29.6 Å². The quantitative estimate of drug-likeness (QED) is 0.765. The summed E-state index contributed by atoms with van der Waals surface area (Å²) in [6, 6.07) is 5.68. The lowest BCUT2D eigenvalue weighted by molar-refractivity contribution is -0.121. The van der Waals surface area contributed by atoms with Gasteiger partial charge in [-0.1, -0.05) is 47.5 Å². The Labute approximate surface area is 148 Å². The molecule has 0 saturated carbocycles. The van der Waals surface area contributed by atoms with E-state index in [1.165, 1.54) is 0 Å². The lowest BCUT2D eigenvalue weighted by Gasteiger charge is -2.22. The van der Waals surface area contributed by atoms with Crippen LogP contribution in [0.25, 0.3) is 11.1 Å². The number of alkyl halides is 3. The highest BCUT2D eigenvalue weighted by Gasteiger charge is 2.25. The first-order chi connectivity index (χ1) is 11.4. The number of rotatable bonds is 6. The van der Waals surface area contributed by atoms with Crippen LogP contribution in [0.4, 0.5) is 4.39 Å². The number of carbonyl (C=O) groups excluding carboxylic acids is 1. The van der Waals surface area contributed by atoms with Gasteiger partial charge in [-0.2, -0.15) is 0 Å². The van der Waals surface area contributed by atoms with Gasteiger partial charge in [0.15, 0.2) is 4.84 Å². The number of nitrogens with one attached hydrogen (secondary N) is 1. The monoisotopic (exact) mass is 371 g/mol. The molecule has 0 aliphatic heterocycles. The molecule has 8 heteroatoms. The van der Waals surface area contributed by atoms with Crippen LogP contribution in [0, 0.1) is 6.92 Å². The predicted octanol–water partition coefficient (Wildman–Crippen LogP) is 2.74. The lowest BCUT2D eigenvalue weighted by Crippen LogP contribution is -2.43. The number of aliphatic hydroxyl groups excluding tert-OH is 1. The summed E-state index contributed by atoms with van der Waals surface area (Å²) in [5.74, 6) is -0.0855. The Hall–Kier alpha value is -1.76. The van der Waals surface area contributed by atoms with E-state index in [1.807, 2.05) is 0 Å². The van der Waals surface area contributed by atoms with Gasteiger partial charge in [0.25, 0.3) is 5.91 Å². The van der Waals surface area contributed by atoms with Crippen molar-refractivity contribution in [1.29, 1.82) is 0 Å². The molecule has 24 heavy (non-hydrogen) atoms. The number of halogens is 3. The third-order valence-electron chi connectivity index (χ3n) is 3.44. The zero-order valence-electron chi connectivity index (χ0n) is 12.8. The zero-order valence-corrected chi connectivity index (χ0v) is 14.3. The molecule has 0 fully saturated rings. The summed E-state index contributed by atoms with van der Waals surface area (Å²) in [5.41, 5.74) is 2.13. The van der Waals surface area contributed by atoms with Crippen molar-refractivity contribution in [2.75, 3.05) is 6.67 Å². The van der Waals surface area contributed by atoms with E-state index in [0.717, 1.165) is 11.1 Å². The molecule has 2 rings (SSSR count). The third kappa shape index (κ3) is 4.63. The van der Waals surface area contributed by atoms with Crippen molar-refractivity contribution in [1.82, 2.24) is 15.3 Å². The van der Waals surface area contributed by atoms with Gasteiger partial charge in [-0.05, 0) is 18.1 Å². The second-order valence-electron chi connectivity index (χ2n) is 5.16. The van der Waals surface area contributed by atoms with E-state index in [-0.39, 0.29) is 0 Å². The average Bonchev–Trinajstić information content (AvgIpc) is 2.59. The van der Waals surface area contributed by atoms with Crippen molar-refractivity contribution in [2.24, 2.45) is 0 Å². The van der Waals surface area contributed by atoms with Gasteiger partial charge in [-0.25, -0.2) is 14.4 Å². The fourth-order valence-corrected chi connectivity index (χ4v) is 2.22. The minimum absolute atomic E-state index is 0.454. The first-order valence-electron chi connectivity index (χ1n) is 7.14. The van der Waals surface area contributed by atoms with Crippen LogP contribution in [0.1, 0.15) is 17.5 Å². The lowest BCUT2D eigenvalue weighted by atomic mass is 10.00. The first-order valence-corrected chi connectivity index (χ1v) is 8.01. The molecule has 1 heterocycles. The van der Waals surface area contributed by atoms with Gasteiger partial charge >= 0.3 is 0 Å². The van der Waals surface area contributed by atoms with E-state index in [4.69, 9.17) is 23.2 Å². The van der Waals surface area contributed by atoms with E-state index in [1.54, 1.807) is 43.6 Å². The number of hydrogen-bond acceptors (Lipinski definition) is 4. The van der Waals surface area contributed by atoms with Gasteiger partial charge in [0.05, 0.1) is 6.04 Å². The standard InChI is InChI=1S/C16H16Cl2FN3O2/c1-9-20-7-12(8-21-9)10-2-4-11(5-3-10)14(23)13(6-19)22-16(24)15(17)18/h2-5,7-8,13-15,23H,6H2,1H3,(H,22,24). The highest BCUT2D eigenvalue weighted by atomic mass is 35.5. The van der Waals surface area contributed by atoms with Crippen LogP contribution in [0.15, 0.2) is 36.7 Å². The topological polar surface area (TPSA) is 75.1 Å². The first kappa shape index (κ1) is 18.6. The van der Waals surface area contributed by atoms with Crippen LogP contribution < -0.4 is 5.32 Å². The maximum absolute atomic E-state index is 13.1. The molecule has 1 amide bonds. The number of aryl methyl sites for hydroxylation is 1. The summed E-state index contributed by atoms with van der Waals surface area (Å²) in [5, 5.41) is 12.5. The molecule has 128 valence electrons. The summed E-state index contributed by atoms with van der Waals surface area (Å²) in [4.78, 5) is 18.4.